The Morgan fingerprint density at radius 2 is 1.79 bits per heavy atom. The average molecular weight is 521 g/mol. The van der Waals surface area contributed by atoms with Crippen LogP contribution in [0, 0.1) is 0 Å². The van der Waals surface area contributed by atoms with Crippen LogP contribution in [0.1, 0.15) is 25.3 Å². The summed E-state index contributed by atoms with van der Waals surface area (Å²) in [5.41, 5.74) is -8.20. The number of nitrogens with zero attached hydrogens (tertiary/aromatic N) is 3. The molecule has 0 bridgehead atoms. The number of amides is 2. The zero-order valence-electron chi connectivity index (χ0n) is 17.9. The summed E-state index contributed by atoms with van der Waals surface area (Å²) in [6, 6.07) is 4.32. The summed E-state index contributed by atoms with van der Waals surface area (Å²) in [6.45, 7) is 2.27. The number of anilines is 1. The lowest BCUT2D eigenvalue weighted by Gasteiger charge is -2.41. The Bertz CT molecular complexity index is 990. The van der Waals surface area contributed by atoms with Crippen molar-refractivity contribution in [1.82, 2.24) is 15.3 Å². The number of hydrogen-bond acceptors (Lipinski definition) is 6. The maximum absolute atomic E-state index is 14.2. The molecule has 1 N–H and O–H groups in total. The van der Waals surface area contributed by atoms with Crippen LogP contribution in [0.5, 0.6) is 5.75 Å². The molecule has 1 saturated heterocycles. The van der Waals surface area contributed by atoms with Crippen molar-refractivity contribution in [2.75, 3.05) is 18.1 Å². The molecular formula is C21H21Cl2F3N4O4. The molecule has 0 aliphatic carbocycles. The van der Waals surface area contributed by atoms with E-state index in [2.05, 4.69) is 20.0 Å². The highest BCUT2D eigenvalue weighted by atomic mass is 35.5. The molecule has 34 heavy (non-hydrogen) atoms. The molecule has 2 aromatic rings. The summed E-state index contributed by atoms with van der Waals surface area (Å²) in [7, 11) is 0. The second-order valence-electron chi connectivity index (χ2n) is 7.58. The topological polar surface area (TPSA) is 93.6 Å². The van der Waals surface area contributed by atoms with Gasteiger partial charge < -0.3 is 14.8 Å². The second-order valence-corrected chi connectivity index (χ2v) is 8.40. The molecule has 0 spiro atoms. The van der Waals surface area contributed by atoms with Crippen LogP contribution in [-0.4, -0.2) is 52.2 Å². The lowest BCUT2D eigenvalue weighted by atomic mass is 9.89. The highest BCUT2D eigenvalue weighted by molar-refractivity contribution is 6.32. The van der Waals surface area contributed by atoms with Gasteiger partial charge in [-0.2, -0.15) is 0 Å². The minimum absolute atomic E-state index is 0.0213. The number of hydrogen-bond donors (Lipinski definition) is 1. The molecule has 1 unspecified atom stereocenters. The van der Waals surface area contributed by atoms with Crippen molar-refractivity contribution in [2.45, 2.75) is 42.5 Å². The quantitative estimate of drug-likeness (QED) is 0.533. The van der Waals surface area contributed by atoms with Gasteiger partial charge in [0.15, 0.2) is 5.54 Å². The van der Waals surface area contributed by atoms with Crippen LogP contribution in [0.15, 0.2) is 43.0 Å². The number of ether oxygens (including phenoxy) is 2. The molecule has 184 valence electrons. The Balaban J connectivity index is 2.07. The van der Waals surface area contributed by atoms with Crippen LogP contribution in [0.25, 0.3) is 0 Å². The van der Waals surface area contributed by atoms with Crippen LogP contribution < -0.4 is 15.0 Å². The summed E-state index contributed by atoms with van der Waals surface area (Å²) in [5, 5.41) is 2.87. The number of rotatable bonds is 8. The minimum Gasteiger partial charge on any atom is -0.420 e. The molecule has 8 nitrogen and oxygen atoms in total. The first kappa shape index (κ1) is 26.0. The molecule has 2 amide bonds. The molecule has 3 rings (SSSR count). The van der Waals surface area contributed by atoms with Crippen molar-refractivity contribution >= 4 is 40.7 Å². The highest BCUT2D eigenvalue weighted by Gasteiger charge is 2.47. The molecule has 1 aromatic carbocycles. The van der Waals surface area contributed by atoms with E-state index in [4.69, 9.17) is 27.9 Å². The van der Waals surface area contributed by atoms with Gasteiger partial charge in [-0.1, -0.05) is 11.6 Å². The first-order valence-electron chi connectivity index (χ1n) is 10.1. The number of aromatic nitrogens is 2. The second kappa shape index (κ2) is 10.7. The Labute approximate surface area is 203 Å². The average Bonchev–Trinajstić information content (AvgIpc) is 2.80. The van der Waals surface area contributed by atoms with Gasteiger partial charge in [0, 0.05) is 54.5 Å². The van der Waals surface area contributed by atoms with E-state index in [1.54, 1.807) is 0 Å². The zero-order chi connectivity index (χ0) is 24.9. The van der Waals surface area contributed by atoms with Gasteiger partial charge >= 0.3 is 5.57 Å². The summed E-state index contributed by atoms with van der Waals surface area (Å²) in [5.74, 6) is -2.23. The largest absolute Gasteiger partial charge is 0.487 e. The minimum atomic E-state index is -3.96. The molecule has 13 heteroatoms. The van der Waals surface area contributed by atoms with Gasteiger partial charge in [-0.15, -0.1) is 8.78 Å². The molecule has 0 saturated carbocycles. The third-order valence-corrected chi connectivity index (χ3v) is 5.57. The summed E-state index contributed by atoms with van der Waals surface area (Å²) in [4.78, 5) is 35.3. The maximum atomic E-state index is 14.2. The number of carbonyl (C=O) groups excluding carboxylic acids is 2. The van der Waals surface area contributed by atoms with Gasteiger partial charge in [0.05, 0.1) is 0 Å². The highest BCUT2D eigenvalue weighted by Crippen LogP contribution is 2.36. The monoisotopic (exact) mass is 520 g/mol. The first-order valence-corrected chi connectivity index (χ1v) is 11.0. The van der Waals surface area contributed by atoms with Crippen LogP contribution in [-0.2, 0) is 19.9 Å². The Morgan fingerprint density at radius 1 is 1.21 bits per heavy atom. The van der Waals surface area contributed by atoms with Crippen molar-refractivity contribution < 1.29 is 32.2 Å². The van der Waals surface area contributed by atoms with E-state index >= 15 is 0 Å². The van der Waals surface area contributed by atoms with E-state index in [-0.39, 0.29) is 23.0 Å². The van der Waals surface area contributed by atoms with Crippen molar-refractivity contribution in [3.05, 3.63) is 48.5 Å². The smallest absolute Gasteiger partial charge is 0.420 e. The Hall–Kier alpha value is -2.63. The summed E-state index contributed by atoms with van der Waals surface area (Å²) in [6.07, 6.45) is 4.93. The van der Waals surface area contributed by atoms with Crippen molar-refractivity contribution in [3.8, 4) is 5.75 Å². The van der Waals surface area contributed by atoms with Crippen molar-refractivity contribution in [1.29, 1.82) is 0 Å². The normalized spacial score (nSPS) is 17.4. The molecule has 2 atom stereocenters. The van der Waals surface area contributed by atoms with Gasteiger partial charge in [0.2, 0.25) is 0 Å². The van der Waals surface area contributed by atoms with E-state index in [0.29, 0.717) is 26.1 Å². The van der Waals surface area contributed by atoms with Gasteiger partial charge in [-0.25, -0.2) is 14.4 Å². The number of alkyl halides is 5. The zero-order valence-corrected chi connectivity index (χ0v) is 19.4. The summed E-state index contributed by atoms with van der Waals surface area (Å²) < 4.78 is 49.7. The predicted molar refractivity (Wildman–Crippen MR) is 117 cm³/mol. The fourth-order valence-electron chi connectivity index (χ4n) is 3.58. The fraction of sp³-hybridized carbons (Fsp3) is 0.429. The molecule has 2 heterocycles. The van der Waals surface area contributed by atoms with E-state index in [9.17, 15) is 22.8 Å². The third kappa shape index (κ3) is 6.08. The van der Waals surface area contributed by atoms with E-state index in [1.165, 1.54) is 37.8 Å². The number of carbonyl (C=O) groups is 2. The van der Waals surface area contributed by atoms with Crippen LogP contribution >= 0.6 is 23.2 Å². The summed E-state index contributed by atoms with van der Waals surface area (Å²) >= 11 is 10.3. The third-order valence-electron chi connectivity index (χ3n) is 5.30. The first-order chi connectivity index (χ1) is 16.0. The maximum Gasteiger partial charge on any atom is 0.487 e. The molecule has 1 aliphatic heterocycles. The lowest BCUT2D eigenvalue weighted by molar-refractivity contribution is -0.132. The van der Waals surface area contributed by atoms with Gasteiger partial charge in [-0.05, 0) is 44.0 Å². The van der Waals surface area contributed by atoms with Crippen molar-refractivity contribution in [2.24, 2.45) is 0 Å². The van der Waals surface area contributed by atoms with E-state index in [0.717, 1.165) is 17.0 Å². The van der Waals surface area contributed by atoms with Gasteiger partial charge in [-0.3, -0.25) is 14.5 Å². The fourth-order valence-corrected chi connectivity index (χ4v) is 3.77. The number of halogens is 5. The number of benzene rings is 1. The van der Waals surface area contributed by atoms with Crippen LogP contribution in [0.2, 0.25) is 0 Å². The molecule has 1 aromatic heterocycles. The Kier molecular flexibility index (Phi) is 8.21. The molecular weight excluding hydrogens is 500 g/mol. The van der Waals surface area contributed by atoms with Crippen LogP contribution in [0.3, 0.4) is 0 Å². The van der Waals surface area contributed by atoms with Gasteiger partial charge in [0.1, 0.15) is 12.1 Å². The molecule has 1 aliphatic rings. The number of nitrogens with one attached hydrogen (secondary N) is 1. The van der Waals surface area contributed by atoms with Gasteiger partial charge in [0.25, 0.3) is 17.4 Å². The van der Waals surface area contributed by atoms with E-state index in [1.807, 2.05) is 0 Å². The van der Waals surface area contributed by atoms with E-state index < -0.39 is 28.6 Å². The molecule has 1 fully saturated rings. The Morgan fingerprint density at radius 3 is 2.32 bits per heavy atom. The predicted octanol–water partition coefficient (Wildman–Crippen LogP) is 3.72. The molecule has 0 radical (unpaired) electrons. The van der Waals surface area contributed by atoms with Crippen LogP contribution in [0.4, 0.5) is 18.9 Å². The van der Waals surface area contributed by atoms with Crippen molar-refractivity contribution in [3.63, 3.8) is 0 Å². The standard InChI is InChI=1S/C21H21Cl2F3N4O4/c1-20(13-10-27-12-28-11-13,19(32)29-14-6-8-33-9-7-14)30(18(31)17(22)24)15-2-4-16(5-3-15)34-21(23,25)26/h2-5,10-12,14,17H,6-9H2,1H3,(H,29,32)/t17?,20-/m1/s1. The SMILES string of the molecule is C[C@](C(=O)NC1CCOCC1)(c1cncnc1)N(C(=O)C(F)Cl)c1ccc(OC(F)(F)Cl)cc1. The lowest BCUT2D eigenvalue weighted by Crippen LogP contribution is -2.60.